The molecule has 5 heteroatoms. The highest BCUT2D eigenvalue weighted by Gasteiger charge is 2.09. The fourth-order valence-corrected chi connectivity index (χ4v) is 3.84. The first kappa shape index (κ1) is 18.0. The Kier molecular flexibility index (Phi) is 5.55. The Hall–Kier alpha value is -2.84. The van der Waals surface area contributed by atoms with Gasteiger partial charge in [-0.05, 0) is 41.8 Å². The van der Waals surface area contributed by atoms with Crippen molar-refractivity contribution in [1.82, 2.24) is 4.57 Å². The van der Waals surface area contributed by atoms with Gasteiger partial charge in [-0.25, -0.2) is 0 Å². The number of benzene rings is 2. The molecule has 4 nitrogen and oxygen atoms in total. The minimum Gasteiger partial charge on any atom is -0.497 e. The van der Waals surface area contributed by atoms with Gasteiger partial charge in [0.05, 0.1) is 30.3 Å². The third-order valence-corrected chi connectivity index (χ3v) is 5.18. The maximum Gasteiger partial charge on any atom is 0.252 e. The van der Waals surface area contributed by atoms with Crippen LogP contribution >= 0.6 is 11.3 Å². The van der Waals surface area contributed by atoms with Gasteiger partial charge >= 0.3 is 0 Å². The fraction of sp³-hybridized carbons (Fsp3) is 0.238. The van der Waals surface area contributed by atoms with Crippen molar-refractivity contribution in [1.29, 1.82) is 0 Å². The Labute approximate surface area is 156 Å². The van der Waals surface area contributed by atoms with Crippen LogP contribution in [0.25, 0.3) is 10.2 Å². The summed E-state index contributed by atoms with van der Waals surface area (Å²) in [6, 6.07) is 13.7. The molecule has 0 N–H and O–H groups in total. The van der Waals surface area contributed by atoms with E-state index in [2.05, 4.69) is 36.0 Å². The molecular formula is C21H20N2O2S. The lowest BCUT2D eigenvalue weighted by Gasteiger charge is -2.02. The van der Waals surface area contributed by atoms with Gasteiger partial charge in [0.25, 0.3) is 5.91 Å². The van der Waals surface area contributed by atoms with Crippen LogP contribution in [0.5, 0.6) is 5.75 Å². The molecule has 132 valence electrons. The SMILES string of the molecule is C#CCn1c(=NC(=O)Cc2ccc(OC)cc2)sc2cc(CC)ccc21. The number of rotatable bonds is 5. The number of aryl methyl sites for hydroxylation is 1. The number of hydrogen-bond acceptors (Lipinski definition) is 3. The molecule has 26 heavy (non-hydrogen) atoms. The van der Waals surface area contributed by atoms with Crippen molar-refractivity contribution >= 4 is 27.5 Å². The van der Waals surface area contributed by atoms with Gasteiger partial charge in [-0.2, -0.15) is 4.99 Å². The number of aromatic nitrogens is 1. The Morgan fingerprint density at radius 3 is 2.62 bits per heavy atom. The largest absolute Gasteiger partial charge is 0.497 e. The molecule has 1 amide bonds. The summed E-state index contributed by atoms with van der Waals surface area (Å²) in [4.78, 5) is 17.4. The first-order valence-corrected chi connectivity index (χ1v) is 9.22. The Morgan fingerprint density at radius 2 is 1.96 bits per heavy atom. The highest BCUT2D eigenvalue weighted by Crippen LogP contribution is 2.19. The van der Waals surface area contributed by atoms with E-state index in [0.717, 1.165) is 28.0 Å². The molecule has 0 fully saturated rings. The average molecular weight is 364 g/mol. The van der Waals surface area contributed by atoms with Gasteiger partial charge in [0.1, 0.15) is 5.75 Å². The molecule has 0 bridgehead atoms. The number of ether oxygens (including phenoxy) is 1. The molecule has 0 saturated carbocycles. The predicted octanol–water partition coefficient (Wildman–Crippen LogP) is 3.58. The molecule has 0 aliphatic carbocycles. The normalized spacial score (nSPS) is 11.5. The molecule has 0 saturated heterocycles. The van der Waals surface area contributed by atoms with Crippen molar-refractivity contribution < 1.29 is 9.53 Å². The number of terminal acetylenes is 1. The zero-order valence-corrected chi connectivity index (χ0v) is 15.7. The van der Waals surface area contributed by atoms with Crippen molar-refractivity contribution in [2.45, 2.75) is 26.3 Å². The van der Waals surface area contributed by atoms with Crippen LogP contribution in [0.15, 0.2) is 47.5 Å². The van der Waals surface area contributed by atoms with E-state index in [9.17, 15) is 4.79 Å². The summed E-state index contributed by atoms with van der Waals surface area (Å²) in [5.74, 6) is 3.22. The van der Waals surface area contributed by atoms with Crippen molar-refractivity contribution in [3.05, 3.63) is 58.4 Å². The summed E-state index contributed by atoms with van der Waals surface area (Å²) in [5.41, 5.74) is 3.17. The third-order valence-electron chi connectivity index (χ3n) is 4.14. The molecule has 0 spiro atoms. The van der Waals surface area contributed by atoms with Crippen LogP contribution in [0.2, 0.25) is 0 Å². The summed E-state index contributed by atoms with van der Waals surface area (Å²) in [7, 11) is 1.62. The van der Waals surface area contributed by atoms with Crippen LogP contribution in [-0.4, -0.2) is 17.6 Å². The maximum atomic E-state index is 12.4. The first-order chi connectivity index (χ1) is 12.6. The summed E-state index contributed by atoms with van der Waals surface area (Å²) < 4.78 is 8.15. The summed E-state index contributed by atoms with van der Waals surface area (Å²) in [5, 5.41) is 0. The van der Waals surface area contributed by atoms with Crippen molar-refractivity contribution in [3.63, 3.8) is 0 Å². The topological polar surface area (TPSA) is 43.6 Å². The number of carbonyl (C=O) groups is 1. The quantitative estimate of drug-likeness (QED) is 0.650. The smallest absolute Gasteiger partial charge is 0.252 e. The minimum absolute atomic E-state index is 0.191. The van der Waals surface area contributed by atoms with Crippen LogP contribution in [0.3, 0.4) is 0 Å². The number of nitrogens with zero attached hydrogens (tertiary/aromatic N) is 2. The summed E-state index contributed by atoms with van der Waals surface area (Å²) in [6.07, 6.45) is 6.72. The van der Waals surface area contributed by atoms with E-state index in [1.807, 2.05) is 28.8 Å². The molecule has 0 aliphatic rings. The number of hydrogen-bond donors (Lipinski definition) is 0. The van der Waals surface area contributed by atoms with E-state index in [4.69, 9.17) is 11.2 Å². The lowest BCUT2D eigenvalue weighted by Crippen LogP contribution is -2.17. The van der Waals surface area contributed by atoms with Crippen molar-refractivity contribution in [3.8, 4) is 18.1 Å². The van der Waals surface area contributed by atoms with Crippen LogP contribution in [0.4, 0.5) is 0 Å². The second-order valence-electron chi connectivity index (χ2n) is 5.86. The first-order valence-electron chi connectivity index (χ1n) is 8.40. The monoisotopic (exact) mass is 364 g/mol. The third kappa shape index (κ3) is 3.87. The molecule has 1 aromatic heterocycles. The van der Waals surface area contributed by atoms with E-state index in [1.54, 1.807) is 7.11 Å². The fourth-order valence-electron chi connectivity index (χ4n) is 2.73. The van der Waals surface area contributed by atoms with E-state index in [0.29, 0.717) is 11.3 Å². The van der Waals surface area contributed by atoms with E-state index in [1.165, 1.54) is 16.9 Å². The van der Waals surface area contributed by atoms with Gasteiger partial charge in [-0.1, -0.05) is 42.4 Å². The van der Waals surface area contributed by atoms with Crippen molar-refractivity contribution in [2.75, 3.05) is 7.11 Å². The number of carbonyl (C=O) groups excluding carboxylic acids is 1. The van der Waals surface area contributed by atoms with Crippen LogP contribution in [0.1, 0.15) is 18.1 Å². The summed E-state index contributed by atoms with van der Waals surface area (Å²) >= 11 is 1.50. The molecule has 2 aromatic carbocycles. The molecule has 0 unspecified atom stereocenters. The highest BCUT2D eigenvalue weighted by atomic mass is 32.1. The van der Waals surface area contributed by atoms with Gasteiger partial charge in [0.2, 0.25) is 0 Å². The van der Waals surface area contributed by atoms with Gasteiger partial charge in [0, 0.05) is 0 Å². The Morgan fingerprint density at radius 1 is 1.23 bits per heavy atom. The van der Waals surface area contributed by atoms with Crippen LogP contribution in [0, 0.1) is 12.3 Å². The molecule has 0 radical (unpaired) electrons. The highest BCUT2D eigenvalue weighted by molar-refractivity contribution is 7.16. The molecule has 1 heterocycles. The molecular weight excluding hydrogens is 344 g/mol. The van der Waals surface area contributed by atoms with Crippen molar-refractivity contribution in [2.24, 2.45) is 4.99 Å². The number of thiazole rings is 1. The van der Waals surface area contributed by atoms with Crippen LogP contribution in [-0.2, 0) is 24.2 Å². The Balaban J connectivity index is 1.95. The number of fused-ring (bicyclic) bond motifs is 1. The van der Waals surface area contributed by atoms with E-state index >= 15 is 0 Å². The lowest BCUT2D eigenvalue weighted by molar-refractivity contribution is -0.117. The predicted molar refractivity (Wildman–Crippen MR) is 105 cm³/mol. The average Bonchev–Trinajstić information content (AvgIpc) is 2.98. The second kappa shape index (κ2) is 8.03. The molecule has 3 rings (SSSR count). The molecule has 0 atom stereocenters. The summed E-state index contributed by atoms with van der Waals surface area (Å²) in [6.45, 7) is 2.51. The zero-order valence-electron chi connectivity index (χ0n) is 14.9. The zero-order chi connectivity index (χ0) is 18.5. The second-order valence-corrected chi connectivity index (χ2v) is 6.87. The van der Waals surface area contributed by atoms with Gasteiger partial charge in [-0.3, -0.25) is 4.79 Å². The lowest BCUT2D eigenvalue weighted by atomic mass is 10.1. The van der Waals surface area contributed by atoms with E-state index in [-0.39, 0.29) is 12.3 Å². The number of methoxy groups -OCH3 is 1. The Bertz CT molecular complexity index is 1040. The van der Waals surface area contributed by atoms with Gasteiger partial charge in [0.15, 0.2) is 4.80 Å². The molecule has 0 aliphatic heterocycles. The maximum absolute atomic E-state index is 12.4. The van der Waals surface area contributed by atoms with E-state index < -0.39 is 0 Å². The van der Waals surface area contributed by atoms with Gasteiger partial charge in [-0.15, -0.1) is 6.42 Å². The van der Waals surface area contributed by atoms with Crippen LogP contribution < -0.4 is 9.54 Å². The number of amides is 1. The van der Waals surface area contributed by atoms with Gasteiger partial charge < -0.3 is 9.30 Å². The standard InChI is InChI=1S/C21H20N2O2S/c1-4-12-23-18-11-8-15(5-2)13-19(18)26-21(23)22-20(24)14-16-6-9-17(25-3)10-7-16/h1,6-11,13H,5,12,14H2,2-3H3. The minimum atomic E-state index is -0.191. The molecule has 3 aromatic rings.